The van der Waals surface area contributed by atoms with Gasteiger partial charge in [-0.1, -0.05) is 12.7 Å². The van der Waals surface area contributed by atoms with Crippen LogP contribution in [0.3, 0.4) is 0 Å². The zero-order valence-corrected chi connectivity index (χ0v) is 9.72. The van der Waals surface area contributed by atoms with Gasteiger partial charge in [0.2, 0.25) is 0 Å². The Bertz CT molecular complexity index is 304. The summed E-state index contributed by atoms with van der Waals surface area (Å²) in [5, 5.41) is 11.3. The molecule has 0 aliphatic carbocycles. The molecule has 0 bridgehead atoms. The van der Waals surface area contributed by atoms with E-state index in [1.54, 1.807) is 0 Å². The average molecular weight is 243 g/mol. The van der Waals surface area contributed by atoms with Crippen molar-refractivity contribution in [3.05, 3.63) is 12.7 Å². The van der Waals surface area contributed by atoms with Crippen LogP contribution in [0.5, 0.6) is 0 Å². The fourth-order valence-corrected chi connectivity index (χ4v) is 1.70. The molecule has 0 saturated carbocycles. The molecule has 1 aliphatic heterocycles. The molecular formula is C11H17NO5. The molecule has 1 aliphatic rings. The fourth-order valence-electron chi connectivity index (χ4n) is 1.70. The SMILES string of the molecule is C=CCOC(=O)NC(C(=O)O)C1CCC(C)O1. The zero-order chi connectivity index (χ0) is 12.8. The van der Waals surface area contributed by atoms with Crippen molar-refractivity contribution < 1.29 is 24.2 Å². The summed E-state index contributed by atoms with van der Waals surface area (Å²) < 4.78 is 10.1. The van der Waals surface area contributed by atoms with Gasteiger partial charge >= 0.3 is 12.1 Å². The summed E-state index contributed by atoms with van der Waals surface area (Å²) in [5.41, 5.74) is 0. The lowest BCUT2D eigenvalue weighted by Crippen LogP contribution is -2.48. The first kappa shape index (κ1) is 13.5. The quantitative estimate of drug-likeness (QED) is 0.701. The van der Waals surface area contributed by atoms with Crippen LogP contribution in [0.2, 0.25) is 0 Å². The largest absolute Gasteiger partial charge is 0.480 e. The first-order valence-corrected chi connectivity index (χ1v) is 5.47. The van der Waals surface area contributed by atoms with Crippen molar-refractivity contribution in [3.8, 4) is 0 Å². The highest BCUT2D eigenvalue weighted by Crippen LogP contribution is 2.21. The van der Waals surface area contributed by atoms with Crippen LogP contribution in [-0.2, 0) is 14.3 Å². The molecule has 0 spiro atoms. The molecule has 1 heterocycles. The van der Waals surface area contributed by atoms with Crippen LogP contribution in [-0.4, -0.2) is 42.0 Å². The number of carbonyl (C=O) groups excluding carboxylic acids is 1. The van der Waals surface area contributed by atoms with E-state index in [0.29, 0.717) is 6.42 Å². The van der Waals surface area contributed by atoms with Gasteiger partial charge in [0.25, 0.3) is 0 Å². The Balaban J connectivity index is 2.51. The molecule has 1 saturated heterocycles. The van der Waals surface area contributed by atoms with Gasteiger partial charge in [0.1, 0.15) is 6.61 Å². The number of ether oxygens (including phenoxy) is 2. The maximum absolute atomic E-state index is 11.3. The van der Waals surface area contributed by atoms with Crippen LogP contribution >= 0.6 is 0 Å². The minimum absolute atomic E-state index is 0.0212. The average Bonchev–Trinajstić information content (AvgIpc) is 2.69. The summed E-state index contributed by atoms with van der Waals surface area (Å²) in [5.74, 6) is -1.13. The molecule has 17 heavy (non-hydrogen) atoms. The number of amides is 1. The number of alkyl carbamates (subject to hydrolysis) is 1. The molecule has 1 amide bonds. The maximum Gasteiger partial charge on any atom is 0.408 e. The van der Waals surface area contributed by atoms with Crippen molar-refractivity contribution in [2.45, 2.75) is 38.0 Å². The number of aliphatic carboxylic acids is 1. The van der Waals surface area contributed by atoms with Gasteiger partial charge in [0.15, 0.2) is 6.04 Å². The number of hydrogen-bond donors (Lipinski definition) is 2. The fraction of sp³-hybridized carbons (Fsp3) is 0.636. The predicted octanol–water partition coefficient (Wildman–Crippen LogP) is 0.919. The van der Waals surface area contributed by atoms with E-state index in [9.17, 15) is 9.59 Å². The van der Waals surface area contributed by atoms with Gasteiger partial charge in [-0.25, -0.2) is 9.59 Å². The lowest BCUT2D eigenvalue weighted by Gasteiger charge is -2.20. The van der Waals surface area contributed by atoms with Crippen LogP contribution in [0, 0.1) is 0 Å². The number of carboxylic acid groups (broad SMARTS) is 1. The van der Waals surface area contributed by atoms with E-state index >= 15 is 0 Å². The minimum atomic E-state index is -1.13. The van der Waals surface area contributed by atoms with E-state index < -0.39 is 24.2 Å². The van der Waals surface area contributed by atoms with Crippen LogP contribution in [0.4, 0.5) is 4.79 Å². The van der Waals surface area contributed by atoms with Crippen molar-refractivity contribution in [1.29, 1.82) is 0 Å². The first-order chi connectivity index (χ1) is 8.04. The summed E-state index contributed by atoms with van der Waals surface area (Å²) in [6.07, 6.45) is 1.55. The molecule has 0 aromatic rings. The third-order valence-corrected chi connectivity index (χ3v) is 2.51. The van der Waals surface area contributed by atoms with E-state index in [1.807, 2.05) is 6.92 Å². The van der Waals surface area contributed by atoms with E-state index in [-0.39, 0.29) is 12.7 Å². The highest BCUT2D eigenvalue weighted by atomic mass is 16.6. The monoisotopic (exact) mass is 243 g/mol. The Morgan fingerprint density at radius 3 is 2.82 bits per heavy atom. The maximum atomic E-state index is 11.3. The topological polar surface area (TPSA) is 84.9 Å². The Kier molecular flexibility index (Phi) is 4.96. The van der Waals surface area contributed by atoms with Gasteiger partial charge in [-0.05, 0) is 19.8 Å². The predicted molar refractivity (Wildman–Crippen MR) is 59.7 cm³/mol. The van der Waals surface area contributed by atoms with Crippen molar-refractivity contribution in [3.63, 3.8) is 0 Å². The lowest BCUT2D eigenvalue weighted by molar-refractivity contribution is -0.143. The Labute approximate surface area is 99.6 Å². The number of rotatable bonds is 5. The highest BCUT2D eigenvalue weighted by molar-refractivity contribution is 5.80. The van der Waals surface area contributed by atoms with E-state index in [1.165, 1.54) is 6.08 Å². The smallest absolute Gasteiger partial charge is 0.408 e. The molecule has 6 heteroatoms. The van der Waals surface area contributed by atoms with Gasteiger partial charge in [0, 0.05) is 0 Å². The first-order valence-electron chi connectivity index (χ1n) is 5.47. The second-order valence-corrected chi connectivity index (χ2v) is 3.91. The second-order valence-electron chi connectivity index (χ2n) is 3.91. The van der Waals surface area contributed by atoms with Crippen molar-refractivity contribution in [2.24, 2.45) is 0 Å². The Morgan fingerprint density at radius 1 is 1.65 bits per heavy atom. The Hall–Kier alpha value is -1.56. The van der Waals surface area contributed by atoms with Crippen LogP contribution in [0.15, 0.2) is 12.7 Å². The summed E-state index contributed by atoms with van der Waals surface area (Å²) in [4.78, 5) is 22.3. The molecule has 3 unspecified atom stereocenters. The van der Waals surface area contributed by atoms with Gasteiger partial charge in [-0.3, -0.25) is 0 Å². The van der Waals surface area contributed by atoms with Crippen molar-refractivity contribution >= 4 is 12.1 Å². The Morgan fingerprint density at radius 2 is 2.35 bits per heavy atom. The van der Waals surface area contributed by atoms with Gasteiger partial charge in [-0.2, -0.15) is 0 Å². The second kappa shape index (κ2) is 6.24. The molecule has 0 aromatic heterocycles. The van der Waals surface area contributed by atoms with Crippen LogP contribution in [0.25, 0.3) is 0 Å². The summed E-state index contributed by atoms with van der Waals surface area (Å²) in [6, 6.07) is -1.07. The summed E-state index contributed by atoms with van der Waals surface area (Å²) in [7, 11) is 0. The standard InChI is InChI=1S/C11H17NO5/c1-3-6-16-11(15)12-9(10(13)14)8-5-4-7(2)17-8/h3,7-9H,1,4-6H2,2H3,(H,12,15)(H,13,14). The molecular weight excluding hydrogens is 226 g/mol. The molecule has 2 N–H and O–H groups in total. The zero-order valence-electron chi connectivity index (χ0n) is 9.72. The van der Waals surface area contributed by atoms with Gasteiger partial charge in [0.05, 0.1) is 12.2 Å². The van der Waals surface area contributed by atoms with E-state index in [2.05, 4.69) is 16.6 Å². The van der Waals surface area contributed by atoms with Crippen molar-refractivity contribution in [1.82, 2.24) is 5.32 Å². The normalized spacial score (nSPS) is 25.0. The minimum Gasteiger partial charge on any atom is -0.480 e. The molecule has 0 aromatic carbocycles. The number of hydrogen-bond acceptors (Lipinski definition) is 4. The van der Waals surface area contributed by atoms with E-state index in [4.69, 9.17) is 9.84 Å². The molecule has 6 nitrogen and oxygen atoms in total. The third-order valence-electron chi connectivity index (χ3n) is 2.51. The number of nitrogens with one attached hydrogen (secondary N) is 1. The van der Waals surface area contributed by atoms with Gasteiger partial charge < -0.3 is 19.9 Å². The molecule has 0 radical (unpaired) electrons. The summed E-state index contributed by atoms with van der Waals surface area (Å²) >= 11 is 0. The molecule has 1 rings (SSSR count). The van der Waals surface area contributed by atoms with Gasteiger partial charge in [-0.15, -0.1) is 0 Å². The van der Waals surface area contributed by atoms with Crippen molar-refractivity contribution in [2.75, 3.05) is 6.61 Å². The van der Waals surface area contributed by atoms with Crippen LogP contribution in [0.1, 0.15) is 19.8 Å². The molecule has 1 fully saturated rings. The highest BCUT2D eigenvalue weighted by Gasteiger charge is 2.35. The lowest BCUT2D eigenvalue weighted by atomic mass is 10.1. The number of carboxylic acids is 1. The third kappa shape index (κ3) is 4.07. The van der Waals surface area contributed by atoms with Crippen LogP contribution < -0.4 is 5.32 Å². The molecule has 3 atom stereocenters. The summed E-state index contributed by atoms with van der Waals surface area (Å²) in [6.45, 7) is 5.30. The van der Waals surface area contributed by atoms with E-state index in [0.717, 1.165) is 6.42 Å². The number of carbonyl (C=O) groups is 2. The molecule has 96 valence electrons.